The van der Waals surface area contributed by atoms with Gasteiger partial charge in [-0.05, 0) is 30.7 Å². The van der Waals surface area contributed by atoms with Crippen LogP contribution in [0.4, 0.5) is 0 Å². The minimum atomic E-state index is -0.123. The Morgan fingerprint density at radius 1 is 1.42 bits per heavy atom. The fourth-order valence-electron chi connectivity index (χ4n) is 1.30. The number of hydrogen-bond donors (Lipinski definition) is 1. The molecule has 0 aromatic heterocycles. The molecule has 0 spiro atoms. The van der Waals surface area contributed by atoms with Crippen LogP contribution in [0.25, 0.3) is 6.08 Å². The van der Waals surface area contributed by atoms with Gasteiger partial charge >= 0.3 is 0 Å². The normalized spacial score (nSPS) is 10.6. The van der Waals surface area contributed by atoms with Gasteiger partial charge in [-0.2, -0.15) is 0 Å². The summed E-state index contributed by atoms with van der Waals surface area (Å²) in [7, 11) is 0. The Bertz CT molecular complexity index is 452. The second kappa shape index (κ2) is 8.67. The maximum absolute atomic E-state index is 11.5. The number of carbonyl (C=O) groups excluding carboxylic acids is 1. The Morgan fingerprint density at radius 3 is 2.74 bits per heavy atom. The SMILES string of the molecule is C=C(C)COCCNC(=O)/C=C/c1ccc(Br)cc1. The van der Waals surface area contributed by atoms with Crippen LogP contribution in [0.5, 0.6) is 0 Å². The lowest BCUT2D eigenvalue weighted by atomic mass is 10.2. The molecule has 102 valence electrons. The van der Waals surface area contributed by atoms with Crippen molar-refractivity contribution in [1.29, 1.82) is 0 Å². The lowest BCUT2D eigenvalue weighted by Crippen LogP contribution is -2.25. The monoisotopic (exact) mass is 323 g/mol. The number of halogens is 1. The molecule has 0 saturated heterocycles. The van der Waals surface area contributed by atoms with Gasteiger partial charge in [-0.1, -0.05) is 40.2 Å². The van der Waals surface area contributed by atoms with Crippen LogP contribution in [-0.4, -0.2) is 25.7 Å². The van der Waals surface area contributed by atoms with Gasteiger partial charge in [0, 0.05) is 17.1 Å². The molecule has 0 fully saturated rings. The smallest absolute Gasteiger partial charge is 0.244 e. The Morgan fingerprint density at radius 2 is 2.11 bits per heavy atom. The molecule has 1 rings (SSSR count). The van der Waals surface area contributed by atoms with E-state index in [2.05, 4.69) is 27.8 Å². The molecule has 0 saturated carbocycles. The second-order valence-electron chi connectivity index (χ2n) is 4.19. The molecule has 0 aliphatic heterocycles. The molecule has 0 atom stereocenters. The highest BCUT2D eigenvalue weighted by Gasteiger charge is 1.95. The average molecular weight is 324 g/mol. The molecule has 4 heteroatoms. The van der Waals surface area contributed by atoms with E-state index in [1.165, 1.54) is 6.08 Å². The van der Waals surface area contributed by atoms with E-state index < -0.39 is 0 Å². The highest BCUT2D eigenvalue weighted by atomic mass is 79.9. The molecule has 1 aromatic rings. The van der Waals surface area contributed by atoms with Crippen LogP contribution >= 0.6 is 15.9 Å². The average Bonchev–Trinajstić information content (AvgIpc) is 2.37. The lowest BCUT2D eigenvalue weighted by Gasteiger charge is -2.04. The van der Waals surface area contributed by atoms with Crippen LogP contribution in [0, 0.1) is 0 Å². The van der Waals surface area contributed by atoms with Crippen LogP contribution in [0.2, 0.25) is 0 Å². The fraction of sp³-hybridized carbons (Fsp3) is 0.267. The number of ether oxygens (including phenoxy) is 1. The van der Waals surface area contributed by atoms with Crippen molar-refractivity contribution in [2.24, 2.45) is 0 Å². The Balaban J connectivity index is 2.23. The van der Waals surface area contributed by atoms with E-state index in [-0.39, 0.29) is 5.91 Å². The van der Waals surface area contributed by atoms with Gasteiger partial charge in [-0.3, -0.25) is 4.79 Å². The van der Waals surface area contributed by atoms with Gasteiger partial charge < -0.3 is 10.1 Å². The molecule has 0 bridgehead atoms. The summed E-state index contributed by atoms with van der Waals surface area (Å²) >= 11 is 3.36. The minimum absolute atomic E-state index is 0.123. The summed E-state index contributed by atoms with van der Waals surface area (Å²) in [6.07, 6.45) is 3.29. The molecular weight excluding hydrogens is 306 g/mol. The van der Waals surface area contributed by atoms with Gasteiger partial charge in [-0.15, -0.1) is 0 Å². The molecule has 1 amide bonds. The maximum atomic E-state index is 11.5. The van der Waals surface area contributed by atoms with Crippen LogP contribution in [0.1, 0.15) is 12.5 Å². The number of nitrogens with one attached hydrogen (secondary N) is 1. The fourth-order valence-corrected chi connectivity index (χ4v) is 1.56. The number of benzene rings is 1. The van der Waals surface area contributed by atoms with E-state index in [4.69, 9.17) is 4.74 Å². The molecule has 0 aliphatic rings. The van der Waals surface area contributed by atoms with Gasteiger partial charge in [0.1, 0.15) is 0 Å². The standard InChI is InChI=1S/C15H18BrNO2/c1-12(2)11-19-10-9-17-15(18)8-5-13-3-6-14(16)7-4-13/h3-8H,1,9-11H2,2H3,(H,17,18)/b8-5+. The Hall–Kier alpha value is -1.39. The van der Waals surface area contributed by atoms with E-state index in [1.54, 1.807) is 6.08 Å². The molecule has 0 heterocycles. The third-order valence-electron chi connectivity index (χ3n) is 2.19. The van der Waals surface area contributed by atoms with Gasteiger partial charge in [0.25, 0.3) is 0 Å². The molecule has 3 nitrogen and oxygen atoms in total. The van der Waals surface area contributed by atoms with Crippen LogP contribution in [0.3, 0.4) is 0 Å². The summed E-state index contributed by atoms with van der Waals surface area (Å²) in [5.41, 5.74) is 1.96. The zero-order chi connectivity index (χ0) is 14.1. The zero-order valence-corrected chi connectivity index (χ0v) is 12.6. The number of carbonyl (C=O) groups is 1. The van der Waals surface area contributed by atoms with Crippen LogP contribution in [0.15, 0.2) is 47.0 Å². The Labute approximate surface area is 122 Å². The molecule has 0 radical (unpaired) electrons. The Kier molecular flexibility index (Phi) is 7.15. The van der Waals surface area contributed by atoms with Crippen molar-refractivity contribution in [2.45, 2.75) is 6.92 Å². The first-order valence-electron chi connectivity index (χ1n) is 6.01. The van der Waals surface area contributed by atoms with Crippen molar-refractivity contribution >= 4 is 27.9 Å². The van der Waals surface area contributed by atoms with Crippen molar-refractivity contribution < 1.29 is 9.53 Å². The highest BCUT2D eigenvalue weighted by Crippen LogP contribution is 2.11. The van der Waals surface area contributed by atoms with E-state index in [1.807, 2.05) is 31.2 Å². The molecule has 19 heavy (non-hydrogen) atoms. The topological polar surface area (TPSA) is 38.3 Å². The first kappa shape index (κ1) is 15.7. The number of amides is 1. The van der Waals surface area contributed by atoms with Crippen molar-refractivity contribution in [3.8, 4) is 0 Å². The highest BCUT2D eigenvalue weighted by molar-refractivity contribution is 9.10. The third-order valence-corrected chi connectivity index (χ3v) is 2.72. The maximum Gasteiger partial charge on any atom is 0.244 e. The third kappa shape index (κ3) is 7.59. The van der Waals surface area contributed by atoms with E-state index in [9.17, 15) is 4.79 Å². The lowest BCUT2D eigenvalue weighted by molar-refractivity contribution is -0.116. The summed E-state index contributed by atoms with van der Waals surface area (Å²) in [5, 5.41) is 2.75. The van der Waals surface area contributed by atoms with E-state index in [0.29, 0.717) is 19.8 Å². The minimum Gasteiger partial charge on any atom is -0.375 e. The summed E-state index contributed by atoms with van der Waals surface area (Å²) in [6.45, 7) is 7.15. The van der Waals surface area contributed by atoms with Gasteiger partial charge in [-0.25, -0.2) is 0 Å². The largest absolute Gasteiger partial charge is 0.375 e. The second-order valence-corrected chi connectivity index (χ2v) is 5.10. The first-order valence-corrected chi connectivity index (χ1v) is 6.81. The summed E-state index contributed by atoms with van der Waals surface area (Å²) < 4.78 is 6.30. The van der Waals surface area contributed by atoms with Gasteiger partial charge in [0.15, 0.2) is 0 Å². The first-order chi connectivity index (χ1) is 9.08. The number of hydrogen-bond acceptors (Lipinski definition) is 2. The van der Waals surface area contributed by atoms with Gasteiger partial charge in [0.2, 0.25) is 5.91 Å². The molecule has 1 aromatic carbocycles. The van der Waals surface area contributed by atoms with Crippen LogP contribution in [-0.2, 0) is 9.53 Å². The summed E-state index contributed by atoms with van der Waals surface area (Å²) in [4.78, 5) is 11.5. The summed E-state index contributed by atoms with van der Waals surface area (Å²) in [5.74, 6) is -0.123. The summed E-state index contributed by atoms with van der Waals surface area (Å²) in [6, 6.07) is 7.74. The van der Waals surface area contributed by atoms with Crippen molar-refractivity contribution in [1.82, 2.24) is 5.32 Å². The molecule has 0 unspecified atom stereocenters. The van der Waals surface area contributed by atoms with E-state index >= 15 is 0 Å². The molecule has 0 aliphatic carbocycles. The zero-order valence-electron chi connectivity index (χ0n) is 11.0. The van der Waals surface area contributed by atoms with E-state index in [0.717, 1.165) is 15.6 Å². The van der Waals surface area contributed by atoms with Crippen LogP contribution < -0.4 is 5.32 Å². The predicted molar refractivity (Wildman–Crippen MR) is 81.8 cm³/mol. The quantitative estimate of drug-likeness (QED) is 0.475. The number of rotatable bonds is 7. The van der Waals surface area contributed by atoms with Crippen molar-refractivity contribution in [3.05, 3.63) is 52.5 Å². The van der Waals surface area contributed by atoms with Crippen molar-refractivity contribution in [2.75, 3.05) is 19.8 Å². The van der Waals surface area contributed by atoms with Crippen molar-refractivity contribution in [3.63, 3.8) is 0 Å². The molecular formula is C15H18BrNO2. The molecule has 1 N–H and O–H groups in total. The van der Waals surface area contributed by atoms with Gasteiger partial charge in [0.05, 0.1) is 13.2 Å². The predicted octanol–water partition coefficient (Wildman–Crippen LogP) is 3.17.